The molecule has 2 heterocycles. The lowest BCUT2D eigenvalue weighted by molar-refractivity contribution is -0.0841. The number of hydrogen-bond donors (Lipinski definition) is 2. The molecule has 11 heteroatoms. The third-order valence-corrected chi connectivity index (χ3v) is 9.43. The molecule has 0 aliphatic carbocycles. The average Bonchev–Trinajstić information content (AvgIpc) is 3.00. The molecule has 0 saturated carbocycles. The lowest BCUT2D eigenvalue weighted by atomic mass is 10.1. The van der Waals surface area contributed by atoms with Gasteiger partial charge in [0.1, 0.15) is 24.9 Å². The van der Waals surface area contributed by atoms with E-state index in [0.717, 1.165) is 12.8 Å². The highest BCUT2D eigenvalue weighted by Crippen LogP contribution is 2.64. The molecule has 0 amide bonds. The summed E-state index contributed by atoms with van der Waals surface area (Å²) in [6, 6.07) is 1.20. The van der Waals surface area contributed by atoms with Crippen molar-refractivity contribution in [3.8, 4) is 12.3 Å². The van der Waals surface area contributed by atoms with Crippen LogP contribution in [0.1, 0.15) is 53.7 Å². The van der Waals surface area contributed by atoms with Gasteiger partial charge in [-0.25, -0.2) is 4.79 Å². The van der Waals surface area contributed by atoms with Gasteiger partial charge in [-0.1, -0.05) is 52.3 Å². The Labute approximate surface area is 193 Å². The van der Waals surface area contributed by atoms with E-state index >= 15 is 0 Å². The monoisotopic (exact) mass is 488 g/mol. The molecule has 0 aromatic carbocycles. The molecule has 1 aliphatic heterocycles. The number of terminal acetylenes is 1. The molecule has 1 aromatic heterocycles. The summed E-state index contributed by atoms with van der Waals surface area (Å²) in [6.07, 6.45) is 4.97. The Hall–Kier alpha value is -1.34. The Bertz CT molecular complexity index is 964. The number of aromatic amines is 1. The zero-order chi connectivity index (χ0) is 24.1. The van der Waals surface area contributed by atoms with Gasteiger partial charge < -0.3 is 18.7 Å². The van der Waals surface area contributed by atoms with Crippen molar-refractivity contribution in [2.24, 2.45) is 0 Å². The van der Waals surface area contributed by atoms with Crippen LogP contribution in [0.2, 0.25) is 0 Å². The van der Waals surface area contributed by atoms with Gasteiger partial charge in [-0.2, -0.15) is 0 Å². The molecule has 2 rings (SSSR count). The highest BCUT2D eigenvalue weighted by molar-refractivity contribution is 8.46. The van der Waals surface area contributed by atoms with Gasteiger partial charge in [0, 0.05) is 17.4 Å². The van der Waals surface area contributed by atoms with E-state index in [1.165, 1.54) is 16.8 Å². The van der Waals surface area contributed by atoms with Gasteiger partial charge in [-0.3, -0.25) is 18.9 Å². The van der Waals surface area contributed by atoms with Crippen molar-refractivity contribution in [1.82, 2.24) is 9.55 Å². The molecule has 1 aromatic rings. The molecule has 1 aliphatic rings. The first-order valence-electron chi connectivity index (χ1n) is 10.6. The first-order chi connectivity index (χ1) is 14.9. The SMILES string of the molecule is C#CCOC1C(OP(=O)(S)C(C)(C)C)C(COC(C)CCC)OC1n1ccc(=O)[nH]c1=O. The van der Waals surface area contributed by atoms with Crippen molar-refractivity contribution in [1.29, 1.82) is 0 Å². The third kappa shape index (κ3) is 6.60. The number of rotatable bonds is 10. The second kappa shape index (κ2) is 11.2. The van der Waals surface area contributed by atoms with E-state index in [0.29, 0.717) is 0 Å². The van der Waals surface area contributed by atoms with E-state index in [2.05, 4.69) is 30.1 Å². The quantitative estimate of drug-likeness (QED) is 0.296. The Morgan fingerprint density at radius 3 is 2.62 bits per heavy atom. The van der Waals surface area contributed by atoms with Crippen LogP contribution in [-0.2, 0) is 23.3 Å². The van der Waals surface area contributed by atoms with Crippen LogP contribution in [0.25, 0.3) is 0 Å². The molecule has 0 spiro atoms. The standard InChI is InChI=1S/C21H33N2O7PS/c1-7-9-14(3)28-13-15-17(30-31(26,32)21(4,5)6)18(27-12-8-2)19(29-15)23-11-10-16(24)22-20(23)25/h2,10-11,14-15,17-19H,7,9,12-13H2,1,3-6H3,(H,26,32)(H,22,24,25). The molecule has 32 heavy (non-hydrogen) atoms. The lowest BCUT2D eigenvalue weighted by Gasteiger charge is -2.32. The molecule has 6 unspecified atom stereocenters. The molecule has 1 N–H and O–H groups in total. The van der Waals surface area contributed by atoms with Crippen molar-refractivity contribution in [3.63, 3.8) is 0 Å². The Balaban J connectivity index is 2.44. The van der Waals surface area contributed by atoms with Crippen molar-refractivity contribution < 1.29 is 23.3 Å². The number of hydrogen-bond acceptors (Lipinski definition) is 7. The second-order valence-corrected chi connectivity index (χ2v) is 12.9. The predicted molar refractivity (Wildman–Crippen MR) is 125 cm³/mol. The Kier molecular flexibility index (Phi) is 9.41. The van der Waals surface area contributed by atoms with Gasteiger partial charge in [0.25, 0.3) is 12.1 Å². The summed E-state index contributed by atoms with van der Waals surface area (Å²) >= 11 is 4.33. The van der Waals surface area contributed by atoms with Gasteiger partial charge in [0.15, 0.2) is 6.23 Å². The number of thiol groups is 1. The fourth-order valence-corrected chi connectivity index (χ4v) is 4.44. The van der Waals surface area contributed by atoms with Crippen LogP contribution >= 0.6 is 18.8 Å². The minimum Gasteiger partial charge on any atom is -0.376 e. The van der Waals surface area contributed by atoms with Crippen LogP contribution in [0.3, 0.4) is 0 Å². The van der Waals surface area contributed by atoms with Crippen molar-refractivity contribution in [2.45, 2.75) is 83.3 Å². The summed E-state index contributed by atoms with van der Waals surface area (Å²) in [7, 11) is 0. The molecule has 1 saturated heterocycles. The number of nitrogens with one attached hydrogen (secondary N) is 1. The maximum Gasteiger partial charge on any atom is 0.330 e. The lowest BCUT2D eigenvalue weighted by Crippen LogP contribution is -2.41. The zero-order valence-electron chi connectivity index (χ0n) is 19.1. The van der Waals surface area contributed by atoms with Gasteiger partial charge in [-0.05, 0) is 13.3 Å². The van der Waals surface area contributed by atoms with E-state index in [1.807, 2.05) is 6.92 Å². The Morgan fingerprint density at radius 1 is 1.38 bits per heavy atom. The van der Waals surface area contributed by atoms with Crippen LogP contribution < -0.4 is 11.2 Å². The van der Waals surface area contributed by atoms with Gasteiger partial charge >= 0.3 is 5.69 Å². The zero-order valence-corrected chi connectivity index (χ0v) is 20.9. The highest BCUT2D eigenvalue weighted by Gasteiger charge is 2.51. The normalized spacial score (nSPS) is 26.4. The molecule has 0 radical (unpaired) electrons. The first kappa shape index (κ1) is 26.9. The third-order valence-electron chi connectivity index (χ3n) is 5.12. The maximum atomic E-state index is 13.3. The summed E-state index contributed by atoms with van der Waals surface area (Å²) in [5.41, 5.74) is -1.22. The fourth-order valence-electron chi connectivity index (χ4n) is 3.21. The predicted octanol–water partition coefficient (Wildman–Crippen LogP) is 2.96. The molecule has 6 atom stereocenters. The van der Waals surface area contributed by atoms with Crippen molar-refractivity contribution in [2.75, 3.05) is 13.2 Å². The summed E-state index contributed by atoms with van der Waals surface area (Å²) < 4.78 is 38.4. The van der Waals surface area contributed by atoms with Crippen molar-refractivity contribution >= 4 is 18.8 Å². The van der Waals surface area contributed by atoms with E-state index in [9.17, 15) is 14.2 Å². The van der Waals surface area contributed by atoms with Crippen LogP contribution in [0, 0.1) is 12.3 Å². The van der Waals surface area contributed by atoms with E-state index in [4.69, 9.17) is 25.2 Å². The topological polar surface area (TPSA) is 109 Å². The largest absolute Gasteiger partial charge is 0.376 e. The molecular formula is C21H33N2O7PS. The Morgan fingerprint density at radius 2 is 2.06 bits per heavy atom. The number of ether oxygens (including phenoxy) is 3. The maximum absolute atomic E-state index is 13.3. The van der Waals surface area contributed by atoms with Crippen LogP contribution in [-0.4, -0.2) is 52.3 Å². The summed E-state index contributed by atoms with van der Waals surface area (Å²) in [4.78, 5) is 26.2. The number of H-pyrrole nitrogens is 1. The molecular weight excluding hydrogens is 455 g/mol. The average molecular weight is 489 g/mol. The smallest absolute Gasteiger partial charge is 0.330 e. The van der Waals surface area contributed by atoms with Crippen LogP contribution in [0.5, 0.6) is 0 Å². The van der Waals surface area contributed by atoms with Gasteiger partial charge in [0.2, 0.25) is 0 Å². The number of aromatic nitrogens is 2. The first-order valence-corrected chi connectivity index (χ1v) is 13.3. The second-order valence-electron chi connectivity index (χ2n) is 8.76. The summed E-state index contributed by atoms with van der Waals surface area (Å²) in [6.45, 7) is 5.86. The number of nitrogens with zero attached hydrogens (tertiary/aromatic N) is 1. The molecule has 180 valence electrons. The highest BCUT2D eigenvalue weighted by atomic mass is 32.7. The van der Waals surface area contributed by atoms with Gasteiger partial charge in [0.05, 0.1) is 12.7 Å². The molecule has 1 fully saturated rings. The fraction of sp³-hybridized carbons (Fsp3) is 0.714. The molecule has 0 bridgehead atoms. The van der Waals surface area contributed by atoms with E-state index < -0.39 is 47.5 Å². The van der Waals surface area contributed by atoms with Crippen LogP contribution in [0.4, 0.5) is 0 Å². The van der Waals surface area contributed by atoms with Crippen LogP contribution in [0.15, 0.2) is 21.9 Å². The van der Waals surface area contributed by atoms with E-state index in [1.54, 1.807) is 20.8 Å². The van der Waals surface area contributed by atoms with Crippen molar-refractivity contribution in [3.05, 3.63) is 33.1 Å². The summed E-state index contributed by atoms with van der Waals surface area (Å²) in [5, 5.41) is -0.763. The minimum atomic E-state index is -3.45. The van der Waals surface area contributed by atoms with E-state index in [-0.39, 0.29) is 19.3 Å². The summed E-state index contributed by atoms with van der Waals surface area (Å²) in [5.74, 6) is 2.39. The molecule has 9 nitrogen and oxygen atoms in total. The minimum absolute atomic E-state index is 0.0328. The van der Waals surface area contributed by atoms with Gasteiger partial charge in [-0.15, -0.1) is 6.42 Å².